The number of ether oxygens (including phenoxy) is 1. The lowest BCUT2D eigenvalue weighted by Crippen LogP contribution is -2.15. The van der Waals surface area contributed by atoms with Gasteiger partial charge in [0.15, 0.2) is 11.6 Å². The highest BCUT2D eigenvalue weighted by molar-refractivity contribution is 9.10. The van der Waals surface area contributed by atoms with E-state index >= 15 is 0 Å². The van der Waals surface area contributed by atoms with E-state index in [1.165, 1.54) is 24.5 Å². The molecule has 0 radical (unpaired) electrons. The molecule has 0 aromatic heterocycles. The quantitative estimate of drug-likeness (QED) is 0.707. The van der Waals surface area contributed by atoms with Crippen LogP contribution in [-0.2, 0) is 6.54 Å². The monoisotopic (exact) mass is 413 g/mol. The summed E-state index contributed by atoms with van der Waals surface area (Å²) in [7, 11) is 0. The molecular formula is C16H14Br2FNO. The van der Waals surface area contributed by atoms with Crippen molar-refractivity contribution in [3.05, 3.63) is 56.7 Å². The van der Waals surface area contributed by atoms with Crippen LogP contribution in [-0.4, -0.2) is 6.04 Å². The van der Waals surface area contributed by atoms with Crippen molar-refractivity contribution >= 4 is 31.9 Å². The fourth-order valence-electron chi connectivity index (χ4n) is 1.96. The number of nitrogens with one attached hydrogen (secondary N) is 1. The Morgan fingerprint density at radius 1 is 1.10 bits per heavy atom. The molecule has 2 aromatic carbocycles. The first-order valence-electron chi connectivity index (χ1n) is 6.76. The van der Waals surface area contributed by atoms with E-state index in [9.17, 15) is 4.39 Å². The van der Waals surface area contributed by atoms with Crippen LogP contribution in [0, 0.1) is 5.82 Å². The number of hydrogen-bond acceptors (Lipinski definition) is 2. The zero-order chi connectivity index (χ0) is 14.8. The molecule has 0 amide bonds. The molecule has 2 aromatic rings. The van der Waals surface area contributed by atoms with Crippen molar-refractivity contribution < 1.29 is 9.13 Å². The van der Waals surface area contributed by atoms with Crippen LogP contribution in [0.5, 0.6) is 11.5 Å². The first-order chi connectivity index (χ1) is 10.1. The van der Waals surface area contributed by atoms with E-state index in [0.717, 1.165) is 11.0 Å². The van der Waals surface area contributed by atoms with Gasteiger partial charge >= 0.3 is 0 Å². The van der Waals surface area contributed by atoms with Crippen molar-refractivity contribution in [3.8, 4) is 11.5 Å². The van der Waals surface area contributed by atoms with Crippen LogP contribution in [0.3, 0.4) is 0 Å². The van der Waals surface area contributed by atoms with Crippen LogP contribution in [0.25, 0.3) is 0 Å². The van der Waals surface area contributed by atoms with Crippen LogP contribution < -0.4 is 10.1 Å². The molecule has 0 saturated heterocycles. The van der Waals surface area contributed by atoms with Gasteiger partial charge in [-0.05, 0) is 64.7 Å². The maximum absolute atomic E-state index is 13.8. The van der Waals surface area contributed by atoms with Crippen molar-refractivity contribution in [2.24, 2.45) is 0 Å². The first-order valence-corrected chi connectivity index (χ1v) is 8.35. The molecule has 1 aliphatic rings. The minimum absolute atomic E-state index is 0.211. The van der Waals surface area contributed by atoms with Gasteiger partial charge in [-0.15, -0.1) is 0 Å². The summed E-state index contributed by atoms with van der Waals surface area (Å²) in [6, 6.07) is 11.3. The predicted molar refractivity (Wildman–Crippen MR) is 88.2 cm³/mol. The standard InChI is InChI=1S/C16H14Br2FNO/c17-11-2-6-16(14(19)8-11)21-15-5-1-10(7-13(15)18)9-20-12-3-4-12/h1-2,5-8,12,20H,3-4,9H2. The van der Waals surface area contributed by atoms with E-state index in [0.29, 0.717) is 16.3 Å². The van der Waals surface area contributed by atoms with Crippen molar-refractivity contribution in [3.63, 3.8) is 0 Å². The summed E-state index contributed by atoms with van der Waals surface area (Å²) in [6.07, 6.45) is 2.54. The van der Waals surface area contributed by atoms with Gasteiger partial charge in [-0.1, -0.05) is 22.0 Å². The number of rotatable bonds is 5. The largest absolute Gasteiger partial charge is 0.453 e. The van der Waals surface area contributed by atoms with E-state index in [1.54, 1.807) is 12.1 Å². The molecule has 5 heteroatoms. The van der Waals surface area contributed by atoms with Crippen LogP contribution in [0.2, 0.25) is 0 Å². The topological polar surface area (TPSA) is 21.3 Å². The highest BCUT2D eigenvalue weighted by atomic mass is 79.9. The zero-order valence-corrected chi connectivity index (χ0v) is 14.4. The maximum Gasteiger partial charge on any atom is 0.166 e. The summed E-state index contributed by atoms with van der Waals surface area (Å²) < 4.78 is 20.9. The molecule has 1 saturated carbocycles. The molecule has 21 heavy (non-hydrogen) atoms. The predicted octanol–water partition coefficient (Wildman–Crippen LogP) is 5.40. The fourth-order valence-corrected chi connectivity index (χ4v) is 2.80. The minimum Gasteiger partial charge on any atom is -0.453 e. The lowest BCUT2D eigenvalue weighted by atomic mass is 10.2. The lowest BCUT2D eigenvalue weighted by Gasteiger charge is -2.11. The maximum atomic E-state index is 13.8. The summed E-state index contributed by atoms with van der Waals surface area (Å²) >= 11 is 6.71. The van der Waals surface area contributed by atoms with Gasteiger partial charge in [0.1, 0.15) is 5.75 Å². The Kier molecular flexibility index (Phi) is 4.62. The summed E-state index contributed by atoms with van der Waals surface area (Å²) in [5, 5.41) is 3.46. The Bertz CT molecular complexity index is 659. The second-order valence-corrected chi connectivity index (χ2v) is 6.87. The lowest BCUT2D eigenvalue weighted by molar-refractivity contribution is 0.439. The molecule has 1 fully saturated rings. The third-order valence-electron chi connectivity index (χ3n) is 3.28. The highest BCUT2D eigenvalue weighted by Crippen LogP contribution is 2.33. The number of halogens is 3. The van der Waals surface area contributed by atoms with E-state index < -0.39 is 5.82 Å². The van der Waals surface area contributed by atoms with Gasteiger partial charge < -0.3 is 10.1 Å². The van der Waals surface area contributed by atoms with Crippen molar-refractivity contribution in [1.82, 2.24) is 5.32 Å². The molecule has 0 aliphatic heterocycles. The Morgan fingerprint density at radius 2 is 1.86 bits per heavy atom. The van der Waals surface area contributed by atoms with Gasteiger partial charge in [0.2, 0.25) is 0 Å². The van der Waals surface area contributed by atoms with Gasteiger partial charge in [-0.2, -0.15) is 0 Å². The molecule has 0 unspecified atom stereocenters. The first kappa shape index (κ1) is 15.0. The van der Waals surface area contributed by atoms with E-state index in [-0.39, 0.29) is 5.75 Å². The van der Waals surface area contributed by atoms with E-state index in [2.05, 4.69) is 37.2 Å². The second-order valence-electron chi connectivity index (χ2n) is 5.10. The normalized spacial score (nSPS) is 14.2. The Morgan fingerprint density at radius 3 is 2.52 bits per heavy atom. The zero-order valence-electron chi connectivity index (χ0n) is 11.2. The van der Waals surface area contributed by atoms with E-state index in [4.69, 9.17) is 4.74 Å². The van der Waals surface area contributed by atoms with Gasteiger partial charge in [-0.3, -0.25) is 0 Å². The number of hydrogen-bond donors (Lipinski definition) is 1. The van der Waals surface area contributed by atoms with Crippen LogP contribution >= 0.6 is 31.9 Å². The van der Waals surface area contributed by atoms with Crippen molar-refractivity contribution in [1.29, 1.82) is 0 Å². The molecule has 0 heterocycles. The summed E-state index contributed by atoms with van der Waals surface area (Å²) in [6.45, 7) is 0.843. The molecule has 0 atom stereocenters. The second kappa shape index (κ2) is 6.46. The number of benzene rings is 2. The molecule has 1 N–H and O–H groups in total. The average Bonchev–Trinajstić information content (AvgIpc) is 3.26. The Labute approximate surface area is 140 Å². The molecule has 0 bridgehead atoms. The Balaban J connectivity index is 1.72. The van der Waals surface area contributed by atoms with Crippen molar-refractivity contribution in [2.75, 3.05) is 0 Å². The van der Waals surface area contributed by atoms with Crippen molar-refractivity contribution in [2.45, 2.75) is 25.4 Å². The van der Waals surface area contributed by atoms with Gasteiger partial charge in [-0.25, -0.2) is 4.39 Å². The summed E-state index contributed by atoms with van der Waals surface area (Å²) in [5.41, 5.74) is 1.18. The van der Waals surface area contributed by atoms with Crippen LogP contribution in [0.15, 0.2) is 45.3 Å². The molecule has 110 valence electrons. The summed E-state index contributed by atoms with van der Waals surface area (Å²) in [4.78, 5) is 0. The van der Waals surface area contributed by atoms with Crippen LogP contribution in [0.4, 0.5) is 4.39 Å². The SMILES string of the molecule is Fc1cc(Br)ccc1Oc1ccc(CNC2CC2)cc1Br. The molecule has 0 spiro atoms. The van der Waals surface area contributed by atoms with Crippen LogP contribution in [0.1, 0.15) is 18.4 Å². The van der Waals surface area contributed by atoms with Gasteiger partial charge in [0, 0.05) is 17.1 Å². The molecule has 1 aliphatic carbocycles. The minimum atomic E-state index is -0.393. The fraction of sp³-hybridized carbons (Fsp3) is 0.250. The molecule has 3 rings (SSSR count). The highest BCUT2D eigenvalue weighted by Gasteiger charge is 2.20. The third kappa shape index (κ3) is 4.05. The molecular weight excluding hydrogens is 401 g/mol. The van der Waals surface area contributed by atoms with Gasteiger partial charge in [0.05, 0.1) is 4.47 Å². The van der Waals surface area contributed by atoms with E-state index in [1.807, 2.05) is 18.2 Å². The van der Waals surface area contributed by atoms with Gasteiger partial charge in [0.25, 0.3) is 0 Å². The average molecular weight is 415 g/mol. The smallest absolute Gasteiger partial charge is 0.166 e. The Hall–Kier alpha value is -0.910. The third-order valence-corrected chi connectivity index (χ3v) is 4.40. The molecule has 2 nitrogen and oxygen atoms in total. The summed E-state index contributed by atoms with van der Waals surface area (Å²) in [5.74, 6) is 0.421.